The highest BCUT2D eigenvalue weighted by atomic mass is 16.4. The minimum atomic E-state index is -0.885. The van der Waals surface area contributed by atoms with Gasteiger partial charge in [-0.1, -0.05) is 20.3 Å². The average Bonchev–Trinajstić information content (AvgIpc) is 2.00. The monoisotopic (exact) mass is 169 g/mol. The lowest BCUT2D eigenvalue weighted by molar-refractivity contribution is -0.138. The molecule has 3 nitrogen and oxygen atoms in total. The Hall–Kier alpha value is -1.04. The van der Waals surface area contributed by atoms with Crippen molar-refractivity contribution < 1.29 is 9.90 Å². The summed E-state index contributed by atoms with van der Waals surface area (Å²) in [5.41, 5.74) is 0. The van der Waals surface area contributed by atoms with Gasteiger partial charge in [0.05, 0.1) is 18.4 Å². The SMILES string of the molecule is CCCC(C)C(C#N)CC(=O)O. The highest BCUT2D eigenvalue weighted by Crippen LogP contribution is 2.19. The van der Waals surface area contributed by atoms with E-state index in [0.717, 1.165) is 12.8 Å². The third-order valence-corrected chi connectivity index (χ3v) is 1.99. The Bertz CT molecular complexity index is 183. The van der Waals surface area contributed by atoms with E-state index in [9.17, 15) is 4.79 Å². The molecule has 1 N–H and O–H groups in total. The molecule has 0 aliphatic heterocycles. The van der Waals surface area contributed by atoms with Crippen LogP contribution in [0.15, 0.2) is 0 Å². The summed E-state index contributed by atoms with van der Waals surface area (Å²) in [6, 6.07) is 2.04. The number of carboxylic acids is 1. The number of carboxylic acid groups (broad SMARTS) is 1. The fourth-order valence-corrected chi connectivity index (χ4v) is 1.22. The molecule has 0 aromatic carbocycles. The number of nitrogens with zero attached hydrogens (tertiary/aromatic N) is 1. The van der Waals surface area contributed by atoms with Gasteiger partial charge in [0.15, 0.2) is 0 Å². The van der Waals surface area contributed by atoms with Gasteiger partial charge < -0.3 is 5.11 Å². The Morgan fingerprint density at radius 3 is 2.58 bits per heavy atom. The van der Waals surface area contributed by atoms with Gasteiger partial charge in [0, 0.05) is 0 Å². The van der Waals surface area contributed by atoms with Crippen LogP contribution in [0.25, 0.3) is 0 Å². The Balaban J connectivity index is 3.98. The van der Waals surface area contributed by atoms with Crippen molar-refractivity contribution in [2.45, 2.75) is 33.1 Å². The van der Waals surface area contributed by atoms with Gasteiger partial charge in [-0.2, -0.15) is 5.26 Å². The van der Waals surface area contributed by atoms with Crippen molar-refractivity contribution in [2.75, 3.05) is 0 Å². The Morgan fingerprint density at radius 2 is 2.25 bits per heavy atom. The predicted octanol–water partition coefficient (Wildman–Crippen LogP) is 2.04. The molecular formula is C9H15NO2. The molecule has 0 amide bonds. The topological polar surface area (TPSA) is 61.1 Å². The molecule has 0 saturated heterocycles. The largest absolute Gasteiger partial charge is 0.481 e. The van der Waals surface area contributed by atoms with Gasteiger partial charge in [0.2, 0.25) is 0 Å². The quantitative estimate of drug-likeness (QED) is 0.685. The summed E-state index contributed by atoms with van der Waals surface area (Å²) in [7, 11) is 0. The van der Waals surface area contributed by atoms with Crippen molar-refractivity contribution >= 4 is 5.97 Å². The molecule has 2 atom stereocenters. The van der Waals surface area contributed by atoms with E-state index >= 15 is 0 Å². The van der Waals surface area contributed by atoms with E-state index < -0.39 is 5.97 Å². The van der Waals surface area contributed by atoms with Crippen molar-refractivity contribution in [1.82, 2.24) is 0 Å². The van der Waals surface area contributed by atoms with E-state index in [-0.39, 0.29) is 18.3 Å². The van der Waals surface area contributed by atoms with Crippen molar-refractivity contribution in [2.24, 2.45) is 11.8 Å². The molecule has 0 rings (SSSR count). The Morgan fingerprint density at radius 1 is 1.67 bits per heavy atom. The van der Waals surface area contributed by atoms with Crippen molar-refractivity contribution in [3.63, 3.8) is 0 Å². The van der Waals surface area contributed by atoms with Crippen LogP contribution in [0.1, 0.15) is 33.1 Å². The molecule has 2 unspecified atom stereocenters. The summed E-state index contributed by atoms with van der Waals surface area (Å²) in [5, 5.41) is 17.1. The molecule has 0 aromatic heterocycles. The van der Waals surface area contributed by atoms with Crippen LogP contribution in [0.2, 0.25) is 0 Å². The number of hydrogen-bond donors (Lipinski definition) is 1. The fourth-order valence-electron chi connectivity index (χ4n) is 1.22. The summed E-state index contributed by atoms with van der Waals surface area (Å²) in [6.45, 7) is 3.96. The van der Waals surface area contributed by atoms with Gasteiger partial charge in [-0.25, -0.2) is 0 Å². The van der Waals surface area contributed by atoms with Crippen LogP contribution in [-0.4, -0.2) is 11.1 Å². The van der Waals surface area contributed by atoms with E-state index in [1.807, 2.05) is 19.9 Å². The van der Waals surface area contributed by atoms with Crippen LogP contribution < -0.4 is 0 Å². The lowest BCUT2D eigenvalue weighted by atomic mass is 9.89. The van der Waals surface area contributed by atoms with E-state index in [0.29, 0.717) is 0 Å². The molecular weight excluding hydrogens is 154 g/mol. The number of carbonyl (C=O) groups is 1. The smallest absolute Gasteiger partial charge is 0.304 e. The highest BCUT2D eigenvalue weighted by Gasteiger charge is 2.18. The van der Waals surface area contributed by atoms with Crippen LogP contribution in [0.4, 0.5) is 0 Å². The first-order chi connectivity index (χ1) is 5.61. The van der Waals surface area contributed by atoms with Crippen molar-refractivity contribution in [1.29, 1.82) is 5.26 Å². The van der Waals surface area contributed by atoms with Gasteiger partial charge in [-0.05, 0) is 12.3 Å². The van der Waals surface area contributed by atoms with Crippen molar-refractivity contribution in [3.8, 4) is 6.07 Å². The van der Waals surface area contributed by atoms with Gasteiger partial charge in [0.25, 0.3) is 0 Å². The maximum absolute atomic E-state index is 10.3. The number of nitriles is 1. The summed E-state index contributed by atoms with van der Waals surface area (Å²) < 4.78 is 0. The highest BCUT2D eigenvalue weighted by molar-refractivity contribution is 5.67. The van der Waals surface area contributed by atoms with Gasteiger partial charge in [-0.3, -0.25) is 4.79 Å². The maximum Gasteiger partial charge on any atom is 0.304 e. The second kappa shape index (κ2) is 5.59. The lowest BCUT2D eigenvalue weighted by Crippen LogP contribution is -2.14. The molecule has 68 valence electrons. The van der Waals surface area contributed by atoms with E-state index in [2.05, 4.69) is 0 Å². The van der Waals surface area contributed by atoms with E-state index in [1.165, 1.54) is 0 Å². The first-order valence-corrected chi connectivity index (χ1v) is 4.23. The zero-order chi connectivity index (χ0) is 9.56. The number of hydrogen-bond acceptors (Lipinski definition) is 2. The Kier molecular flexibility index (Phi) is 5.11. The maximum atomic E-state index is 10.3. The van der Waals surface area contributed by atoms with E-state index in [4.69, 9.17) is 10.4 Å². The predicted molar refractivity (Wildman–Crippen MR) is 45.4 cm³/mol. The summed E-state index contributed by atoms with van der Waals surface area (Å²) in [6.07, 6.45) is 1.89. The molecule has 0 saturated carbocycles. The molecule has 0 aliphatic carbocycles. The van der Waals surface area contributed by atoms with Gasteiger partial charge in [0.1, 0.15) is 0 Å². The normalized spacial score (nSPS) is 14.8. The molecule has 0 radical (unpaired) electrons. The zero-order valence-electron chi connectivity index (χ0n) is 7.58. The van der Waals surface area contributed by atoms with Crippen molar-refractivity contribution in [3.05, 3.63) is 0 Å². The third kappa shape index (κ3) is 3.97. The molecule has 0 bridgehead atoms. The third-order valence-electron chi connectivity index (χ3n) is 1.99. The van der Waals surface area contributed by atoms with E-state index in [1.54, 1.807) is 0 Å². The second-order valence-corrected chi connectivity index (χ2v) is 3.10. The molecule has 0 fully saturated rings. The fraction of sp³-hybridized carbons (Fsp3) is 0.778. The molecule has 3 heteroatoms. The van der Waals surface area contributed by atoms with Crippen LogP contribution in [-0.2, 0) is 4.79 Å². The molecule has 0 spiro atoms. The van der Waals surface area contributed by atoms with Crippen LogP contribution >= 0.6 is 0 Å². The number of aliphatic carboxylic acids is 1. The van der Waals surface area contributed by atoms with Crippen LogP contribution in [0.5, 0.6) is 0 Å². The van der Waals surface area contributed by atoms with Gasteiger partial charge >= 0.3 is 5.97 Å². The molecule has 0 heterocycles. The average molecular weight is 169 g/mol. The standard InChI is InChI=1S/C9H15NO2/c1-3-4-7(2)8(6-10)5-9(11)12/h7-8H,3-5H2,1-2H3,(H,11,12). The number of rotatable bonds is 5. The Labute approximate surface area is 73.0 Å². The first kappa shape index (κ1) is 11.0. The minimum Gasteiger partial charge on any atom is -0.481 e. The lowest BCUT2D eigenvalue weighted by Gasteiger charge is -2.13. The summed E-state index contributed by atoms with van der Waals surface area (Å²) in [4.78, 5) is 10.3. The minimum absolute atomic E-state index is 0.0301. The molecule has 12 heavy (non-hydrogen) atoms. The molecule has 0 aliphatic rings. The summed E-state index contributed by atoms with van der Waals surface area (Å²) >= 11 is 0. The second-order valence-electron chi connectivity index (χ2n) is 3.10. The van der Waals surface area contributed by atoms with Gasteiger partial charge in [-0.15, -0.1) is 0 Å². The zero-order valence-corrected chi connectivity index (χ0v) is 7.58. The first-order valence-electron chi connectivity index (χ1n) is 4.23. The van der Waals surface area contributed by atoms with Crippen LogP contribution in [0, 0.1) is 23.2 Å². The molecule has 0 aromatic rings. The summed E-state index contributed by atoms with van der Waals surface area (Å²) in [5.74, 6) is -1.02. The van der Waals surface area contributed by atoms with Crippen LogP contribution in [0.3, 0.4) is 0 Å².